The zero-order valence-electron chi connectivity index (χ0n) is 19.8. The molecular formula is C27H27N5O2. The van der Waals surface area contributed by atoms with E-state index in [9.17, 15) is 4.79 Å². The van der Waals surface area contributed by atoms with Gasteiger partial charge in [-0.3, -0.25) is 9.78 Å². The number of pyridine rings is 1. The molecule has 1 aromatic carbocycles. The zero-order valence-corrected chi connectivity index (χ0v) is 19.8. The Balaban J connectivity index is 1.54. The van der Waals surface area contributed by atoms with E-state index in [1.807, 2.05) is 30.3 Å². The molecule has 3 heterocycles. The van der Waals surface area contributed by atoms with Gasteiger partial charge in [0.15, 0.2) is 11.6 Å². The van der Waals surface area contributed by atoms with Crippen molar-refractivity contribution in [2.75, 3.05) is 0 Å². The summed E-state index contributed by atoms with van der Waals surface area (Å²) in [6, 6.07) is 17.5. The average Bonchev–Trinajstić information content (AvgIpc) is 2.88. The number of aromatic nitrogens is 5. The number of hydrogen-bond donors (Lipinski definition) is 0. The van der Waals surface area contributed by atoms with E-state index < -0.39 is 0 Å². The van der Waals surface area contributed by atoms with Crippen molar-refractivity contribution >= 4 is 5.78 Å². The van der Waals surface area contributed by atoms with Crippen molar-refractivity contribution in [1.29, 1.82) is 0 Å². The van der Waals surface area contributed by atoms with Crippen LogP contribution in [0.5, 0.6) is 5.75 Å². The van der Waals surface area contributed by atoms with Gasteiger partial charge in [-0.1, -0.05) is 38.1 Å². The van der Waals surface area contributed by atoms with Crippen LogP contribution in [-0.2, 0) is 12.0 Å². The van der Waals surface area contributed by atoms with Crippen LogP contribution >= 0.6 is 0 Å². The summed E-state index contributed by atoms with van der Waals surface area (Å²) in [5.41, 5.74) is 3.84. The lowest BCUT2D eigenvalue weighted by Gasteiger charge is -2.34. The summed E-state index contributed by atoms with van der Waals surface area (Å²) in [5.74, 6) is 1.49. The molecule has 0 fully saturated rings. The Bertz CT molecular complexity index is 1240. The fourth-order valence-corrected chi connectivity index (χ4v) is 3.76. The first-order valence-corrected chi connectivity index (χ1v) is 11.2. The molecule has 4 rings (SSSR count). The Morgan fingerprint density at radius 2 is 1.68 bits per heavy atom. The minimum atomic E-state index is -0.302. The fourth-order valence-electron chi connectivity index (χ4n) is 3.76. The second kappa shape index (κ2) is 9.87. The molecule has 0 aliphatic heterocycles. The first-order valence-electron chi connectivity index (χ1n) is 11.2. The van der Waals surface area contributed by atoms with Crippen LogP contribution in [0, 0.1) is 5.92 Å². The van der Waals surface area contributed by atoms with Gasteiger partial charge in [0.1, 0.15) is 18.1 Å². The number of rotatable bonds is 8. The molecule has 0 aliphatic carbocycles. The van der Waals surface area contributed by atoms with Crippen LogP contribution in [0.15, 0.2) is 73.2 Å². The molecule has 1 unspecified atom stereocenters. The molecule has 0 bridgehead atoms. The Labute approximate surface area is 199 Å². The molecule has 34 heavy (non-hydrogen) atoms. The van der Waals surface area contributed by atoms with Crippen LogP contribution in [0.4, 0.5) is 0 Å². The molecule has 172 valence electrons. The molecule has 0 N–H and O–H groups in total. The highest BCUT2D eigenvalue weighted by molar-refractivity contribution is 5.92. The molecular weight excluding hydrogens is 426 g/mol. The number of ether oxygens (including phenoxy) is 1. The first kappa shape index (κ1) is 23.2. The van der Waals surface area contributed by atoms with Gasteiger partial charge in [-0.25, -0.2) is 9.97 Å². The second-order valence-electron chi connectivity index (χ2n) is 8.63. The van der Waals surface area contributed by atoms with Gasteiger partial charge in [-0.2, -0.15) is 0 Å². The first-order chi connectivity index (χ1) is 16.4. The molecule has 0 saturated carbocycles. The summed E-state index contributed by atoms with van der Waals surface area (Å²) >= 11 is 0. The maximum atomic E-state index is 11.4. The third kappa shape index (κ3) is 4.83. The van der Waals surface area contributed by atoms with Crippen LogP contribution in [-0.4, -0.2) is 30.9 Å². The number of benzene rings is 1. The van der Waals surface area contributed by atoms with Gasteiger partial charge < -0.3 is 4.74 Å². The summed E-state index contributed by atoms with van der Waals surface area (Å²) in [6.07, 6.45) is 5.14. The van der Waals surface area contributed by atoms with Crippen LogP contribution in [0.1, 0.15) is 55.3 Å². The second-order valence-corrected chi connectivity index (χ2v) is 8.63. The molecule has 0 saturated heterocycles. The van der Waals surface area contributed by atoms with Gasteiger partial charge in [-0.05, 0) is 48.7 Å². The largest absolute Gasteiger partial charge is 0.484 e. The van der Waals surface area contributed by atoms with E-state index in [-0.39, 0.29) is 11.2 Å². The zero-order chi connectivity index (χ0) is 24.1. The lowest BCUT2D eigenvalue weighted by atomic mass is 9.70. The number of carbonyl (C=O) groups excluding carboxylic acids is 1. The van der Waals surface area contributed by atoms with Crippen molar-refractivity contribution in [2.24, 2.45) is 5.92 Å². The maximum Gasteiger partial charge on any atom is 0.180 e. The van der Waals surface area contributed by atoms with Crippen molar-refractivity contribution in [3.63, 3.8) is 0 Å². The van der Waals surface area contributed by atoms with Crippen LogP contribution in [0.2, 0.25) is 0 Å². The predicted octanol–water partition coefficient (Wildman–Crippen LogP) is 5.07. The number of hydrogen-bond acceptors (Lipinski definition) is 7. The highest BCUT2D eigenvalue weighted by Gasteiger charge is 2.34. The summed E-state index contributed by atoms with van der Waals surface area (Å²) in [5, 5.41) is 8.21. The SMILES string of the molecule is CC(=O)c1ccc(-c2ccc(C(C)(c3ccc(OCc4ncccn4)cn3)C(C)C)cc2)nn1. The average molecular weight is 454 g/mol. The Kier molecular flexibility index (Phi) is 6.72. The number of carbonyl (C=O) groups is 1. The van der Waals surface area contributed by atoms with E-state index in [0.717, 1.165) is 22.5 Å². The molecule has 7 nitrogen and oxygen atoms in total. The standard InChI is InChI=1S/C27H27N5O2/c1-18(2)27(4,25-13-10-22(16-30-25)34-17-26-28-14-5-15-29-26)21-8-6-20(7-9-21)24-12-11-23(19(3)33)31-32-24/h5-16,18H,17H2,1-4H3. The van der Waals surface area contributed by atoms with Crippen molar-refractivity contribution in [1.82, 2.24) is 25.1 Å². The monoisotopic (exact) mass is 453 g/mol. The molecule has 0 radical (unpaired) electrons. The Morgan fingerprint density at radius 1 is 0.941 bits per heavy atom. The summed E-state index contributed by atoms with van der Waals surface area (Å²) < 4.78 is 5.79. The van der Waals surface area contributed by atoms with Crippen molar-refractivity contribution in [2.45, 2.75) is 39.7 Å². The fraction of sp³-hybridized carbons (Fsp3) is 0.259. The van der Waals surface area contributed by atoms with Crippen LogP contribution in [0.25, 0.3) is 11.3 Å². The third-order valence-electron chi connectivity index (χ3n) is 6.22. The Hall–Kier alpha value is -4.00. The third-order valence-corrected chi connectivity index (χ3v) is 6.22. The number of Topliss-reactive ketones (excluding diaryl/α,β-unsaturated/α-hetero) is 1. The lowest BCUT2D eigenvalue weighted by Crippen LogP contribution is -2.31. The molecule has 4 aromatic rings. The highest BCUT2D eigenvalue weighted by atomic mass is 16.5. The quantitative estimate of drug-likeness (QED) is 0.344. The lowest BCUT2D eigenvalue weighted by molar-refractivity contribution is 0.101. The van der Waals surface area contributed by atoms with E-state index in [1.54, 1.807) is 30.7 Å². The van der Waals surface area contributed by atoms with Gasteiger partial charge in [0.2, 0.25) is 0 Å². The van der Waals surface area contributed by atoms with Gasteiger partial charge in [0.05, 0.1) is 17.6 Å². The van der Waals surface area contributed by atoms with Crippen molar-refractivity contribution in [3.8, 4) is 17.0 Å². The topological polar surface area (TPSA) is 90.8 Å². The van der Waals surface area contributed by atoms with E-state index >= 15 is 0 Å². The van der Waals surface area contributed by atoms with Gasteiger partial charge in [0, 0.05) is 30.3 Å². The van der Waals surface area contributed by atoms with Crippen molar-refractivity contribution in [3.05, 3.63) is 96.0 Å². The minimum absolute atomic E-state index is 0.0978. The molecule has 0 spiro atoms. The molecule has 1 atom stereocenters. The molecule has 7 heteroatoms. The molecule has 0 amide bonds. The summed E-state index contributed by atoms with van der Waals surface area (Å²) in [4.78, 5) is 24.5. The molecule has 3 aromatic heterocycles. The van der Waals surface area contributed by atoms with Gasteiger partial charge in [0.25, 0.3) is 0 Å². The smallest absolute Gasteiger partial charge is 0.180 e. The Morgan fingerprint density at radius 3 is 2.24 bits per heavy atom. The number of nitrogens with zero attached hydrogens (tertiary/aromatic N) is 5. The van der Waals surface area contributed by atoms with E-state index in [2.05, 4.69) is 53.1 Å². The highest BCUT2D eigenvalue weighted by Crippen LogP contribution is 2.39. The minimum Gasteiger partial charge on any atom is -0.484 e. The van der Waals surface area contributed by atoms with Crippen LogP contribution < -0.4 is 4.74 Å². The summed E-state index contributed by atoms with van der Waals surface area (Å²) in [7, 11) is 0. The predicted molar refractivity (Wildman–Crippen MR) is 129 cm³/mol. The maximum absolute atomic E-state index is 11.4. The molecule has 0 aliphatic rings. The van der Waals surface area contributed by atoms with Crippen molar-refractivity contribution < 1.29 is 9.53 Å². The summed E-state index contributed by atoms with van der Waals surface area (Å²) in [6.45, 7) is 8.36. The number of ketones is 1. The van der Waals surface area contributed by atoms with Gasteiger partial charge >= 0.3 is 0 Å². The van der Waals surface area contributed by atoms with Gasteiger partial charge in [-0.15, -0.1) is 10.2 Å². The normalized spacial score (nSPS) is 12.9. The van der Waals surface area contributed by atoms with E-state index in [1.165, 1.54) is 6.92 Å². The van der Waals surface area contributed by atoms with E-state index in [0.29, 0.717) is 29.8 Å². The van der Waals surface area contributed by atoms with Crippen LogP contribution in [0.3, 0.4) is 0 Å². The van der Waals surface area contributed by atoms with E-state index in [4.69, 9.17) is 9.72 Å².